The van der Waals surface area contributed by atoms with Gasteiger partial charge in [-0.1, -0.05) is 6.07 Å². The normalized spacial score (nSPS) is 20.0. The second-order valence-electron chi connectivity index (χ2n) is 5.91. The zero-order chi connectivity index (χ0) is 14.7. The maximum absolute atomic E-state index is 9.25. The van der Waals surface area contributed by atoms with Crippen LogP contribution in [0.1, 0.15) is 18.4 Å². The largest absolute Gasteiger partial charge is 0.424 e. The molecule has 0 unspecified atom stereocenters. The van der Waals surface area contributed by atoms with Gasteiger partial charge in [0.25, 0.3) is 6.01 Å². The molecule has 1 atom stereocenters. The zero-order valence-electron chi connectivity index (χ0n) is 12.5. The third-order valence-corrected chi connectivity index (χ3v) is 4.11. The molecule has 5 heteroatoms. The van der Waals surface area contributed by atoms with Crippen molar-refractivity contribution in [1.82, 2.24) is 9.88 Å². The number of aromatic nitrogens is 1. The fourth-order valence-corrected chi connectivity index (χ4v) is 2.94. The van der Waals surface area contributed by atoms with Crippen molar-refractivity contribution in [3.8, 4) is 0 Å². The van der Waals surface area contributed by atoms with E-state index in [1.807, 2.05) is 18.2 Å². The van der Waals surface area contributed by atoms with Crippen molar-refractivity contribution in [2.24, 2.45) is 5.92 Å². The van der Waals surface area contributed by atoms with Gasteiger partial charge in [0.2, 0.25) is 0 Å². The summed E-state index contributed by atoms with van der Waals surface area (Å²) in [6.07, 6.45) is 2.32. The first-order valence-corrected chi connectivity index (χ1v) is 7.69. The minimum absolute atomic E-state index is 0.300. The highest BCUT2D eigenvalue weighted by molar-refractivity contribution is 5.75. The van der Waals surface area contributed by atoms with Crippen LogP contribution in [0.25, 0.3) is 11.1 Å². The summed E-state index contributed by atoms with van der Waals surface area (Å²) in [7, 11) is 0. The summed E-state index contributed by atoms with van der Waals surface area (Å²) >= 11 is 0. The van der Waals surface area contributed by atoms with Gasteiger partial charge >= 0.3 is 0 Å². The number of hydrogen-bond acceptors (Lipinski definition) is 5. The van der Waals surface area contributed by atoms with Crippen LogP contribution in [-0.2, 0) is 0 Å². The average molecular weight is 289 g/mol. The van der Waals surface area contributed by atoms with E-state index in [-0.39, 0.29) is 0 Å². The SMILES string of the molecule is Cc1ccc2oc(NCCN3CCC[C@H](CO)C3)nc2c1. The number of oxazole rings is 1. The van der Waals surface area contributed by atoms with Crippen LogP contribution >= 0.6 is 0 Å². The molecule has 1 aliphatic rings. The van der Waals surface area contributed by atoms with Crippen LogP contribution in [0.3, 0.4) is 0 Å². The second-order valence-corrected chi connectivity index (χ2v) is 5.91. The minimum atomic E-state index is 0.300. The number of fused-ring (bicyclic) bond motifs is 1. The highest BCUT2D eigenvalue weighted by atomic mass is 16.4. The number of piperidine rings is 1. The molecule has 2 aromatic rings. The molecule has 1 aromatic heterocycles. The first kappa shape index (κ1) is 14.4. The van der Waals surface area contributed by atoms with Crippen molar-refractivity contribution < 1.29 is 9.52 Å². The Bertz CT molecular complexity index is 596. The molecule has 0 aliphatic carbocycles. The lowest BCUT2D eigenvalue weighted by molar-refractivity contribution is 0.123. The molecule has 0 amide bonds. The van der Waals surface area contributed by atoms with E-state index in [2.05, 4.69) is 22.1 Å². The molecule has 2 N–H and O–H groups in total. The highest BCUT2D eigenvalue weighted by Gasteiger charge is 2.18. The maximum Gasteiger partial charge on any atom is 0.295 e. The Morgan fingerprint density at radius 2 is 2.38 bits per heavy atom. The van der Waals surface area contributed by atoms with Crippen LogP contribution in [0, 0.1) is 12.8 Å². The number of nitrogens with one attached hydrogen (secondary N) is 1. The van der Waals surface area contributed by atoms with Crippen molar-refractivity contribution in [2.75, 3.05) is 38.1 Å². The van der Waals surface area contributed by atoms with E-state index in [9.17, 15) is 5.11 Å². The number of aliphatic hydroxyl groups is 1. The molecule has 3 rings (SSSR count). The van der Waals surface area contributed by atoms with Crippen molar-refractivity contribution in [2.45, 2.75) is 19.8 Å². The molecular weight excluding hydrogens is 266 g/mol. The van der Waals surface area contributed by atoms with E-state index in [4.69, 9.17) is 4.42 Å². The first-order chi connectivity index (χ1) is 10.2. The van der Waals surface area contributed by atoms with E-state index in [1.54, 1.807) is 0 Å². The van der Waals surface area contributed by atoms with Crippen LogP contribution < -0.4 is 5.32 Å². The number of benzene rings is 1. The minimum Gasteiger partial charge on any atom is -0.424 e. The first-order valence-electron chi connectivity index (χ1n) is 7.69. The smallest absolute Gasteiger partial charge is 0.295 e. The number of anilines is 1. The predicted molar refractivity (Wildman–Crippen MR) is 83.5 cm³/mol. The molecule has 5 nitrogen and oxygen atoms in total. The molecule has 0 saturated carbocycles. The molecule has 1 fully saturated rings. The Labute approximate surface area is 125 Å². The summed E-state index contributed by atoms with van der Waals surface area (Å²) in [4.78, 5) is 6.84. The van der Waals surface area contributed by atoms with Gasteiger partial charge in [0, 0.05) is 26.2 Å². The Kier molecular flexibility index (Phi) is 4.41. The number of hydrogen-bond donors (Lipinski definition) is 2. The topological polar surface area (TPSA) is 61.5 Å². The van der Waals surface area contributed by atoms with E-state index in [0.29, 0.717) is 18.5 Å². The van der Waals surface area contributed by atoms with Crippen LogP contribution in [0.4, 0.5) is 6.01 Å². The molecule has 0 spiro atoms. The van der Waals surface area contributed by atoms with E-state index < -0.39 is 0 Å². The summed E-state index contributed by atoms with van der Waals surface area (Å²) < 4.78 is 5.67. The van der Waals surface area contributed by atoms with Crippen LogP contribution in [-0.4, -0.2) is 47.8 Å². The molecule has 1 saturated heterocycles. The van der Waals surface area contributed by atoms with Gasteiger partial charge in [-0.05, 0) is 49.9 Å². The van der Waals surface area contributed by atoms with E-state index >= 15 is 0 Å². The Hall–Kier alpha value is -1.59. The van der Waals surface area contributed by atoms with E-state index in [0.717, 1.165) is 43.7 Å². The fraction of sp³-hybridized carbons (Fsp3) is 0.562. The van der Waals surface area contributed by atoms with Gasteiger partial charge < -0.3 is 19.7 Å². The van der Waals surface area contributed by atoms with Gasteiger partial charge in [0.1, 0.15) is 5.52 Å². The standard InChI is InChI=1S/C16H23N3O2/c1-12-4-5-15-14(9-12)18-16(21-15)17-6-8-19-7-2-3-13(10-19)11-20/h4-5,9,13,20H,2-3,6-8,10-11H2,1H3,(H,17,18)/t13-/m0/s1. The third kappa shape index (κ3) is 3.54. The lowest BCUT2D eigenvalue weighted by Gasteiger charge is -2.31. The fourth-order valence-electron chi connectivity index (χ4n) is 2.94. The van der Waals surface area contributed by atoms with Gasteiger partial charge in [-0.15, -0.1) is 0 Å². The van der Waals surface area contributed by atoms with Gasteiger partial charge in [-0.25, -0.2) is 0 Å². The van der Waals surface area contributed by atoms with Crippen molar-refractivity contribution in [3.63, 3.8) is 0 Å². The lowest BCUT2D eigenvalue weighted by atomic mass is 9.99. The van der Waals surface area contributed by atoms with Gasteiger partial charge in [0.15, 0.2) is 5.58 Å². The number of aryl methyl sites for hydroxylation is 1. The van der Waals surface area contributed by atoms with Crippen molar-refractivity contribution in [1.29, 1.82) is 0 Å². The second kappa shape index (κ2) is 6.45. The molecule has 1 aliphatic heterocycles. The molecule has 0 bridgehead atoms. The Morgan fingerprint density at radius 1 is 1.48 bits per heavy atom. The van der Waals surface area contributed by atoms with Gasteiger partial charge in [-0.2, -0.15) is 4.98 Å². The summed E-state index contributed by atoms with van der Waals surface area (Å²) in [6, 6.07) is 6.60. The van der Waals surface area contributed by atoms with Crippen molar-refractivity contribution in [3.05, 3.63) is 23.8 Å². The number of nitrogens with zero attached hydrogens (tertiary/aromatic N) is 2. The number of rotatable bonds is 5. The predicted octanol–water partition coefficient (Wildman–Crippen LogP) is 2.25. The number of likely N-dealkylation sites (tertiary alicyclic amines) is 1. The molecular formula is C16H23N3O2. The lowest BCUT2D eigenvalue weighted by Crippen LogP contribution is -2.39. The summed E-state index contributed by atoms with van der Waals surface area (Å²) in [6.45, 7) is 6.22. The molecule has 21 heavy (non-hydrogen) atoms. The van der Waals surface area contributed by atoms with Gasteiger partial charge in [0.05, 0.1) is 0 Å². The molecule has 2 heterocycles. The van der Waals surface area contributed by atoms with Crippen LogP contribution in [0.2, 0.25) is 0 Å². The molecule has 1 aromatic carbocycles. The Morgan fingerprint density at radius 3 is 3.24 bits per heavy atom. The van der Waals surface area contributed by atoms with E-state index in [1.165, 1.54) is 12.0 Å². The van der Waals surface area contributed by atoms with Crippen molar-refractivity contribution >= 4 is 17.1 Å². The molecule has 114 valence electrons. The third-order valence-electron chi connectivity index (χ3n) is 4.11. The highest BCUT2D eigenvalue weighted by Crippen LogP contribution is 2.20. The zero-order valence-corrected chi connectivity index (χ0v) is 12.5. The summed E-state index contributed by atoms with van der Waals surface area (Å²) in [5.41, 5.74) is 2.91. The van der Waals surface area contributed by atoms with Crippen LogP contribution in [0.5, 0.6) is 0 Å². The monoisotopic (exact) mass is 289 g/mol. The maximum atomic E-state index is 9.25. The Balaban J connectivity index is 1.52. The van der Waals surface area contributed by atoms with Crippen LogP contribution in [0.15, 0.2) is 22.6 Å². The summed E-state index contributed by atoms with van der Waals surface area (Å²) in [5.74, 6) is 0.436. The van der Waals surface area contributed by atoms with Gasteiger partial charge in [-0.3, -0.25) is 0 Å². The molecule has 0 radical (unpaired) electrons. The summed E-state index contributed by atoms with van der Waals surface area (Å²) in [5, 5.41) is 12.5. The average Bonchev–Trinajstić information content (AvgIpc) is 2.89. The quantitative estimate of drug-likeness (QED) is 0.884. The number of aliphatic hydroxyl groups excluding tert-OH is 1.